The lowest BCUT2D eigenvalue weighted by Crippen LogP contribution is -2.47. The van der Waals surface area contributed by atoms with Crippen molar-refractivity contribution in [2.75, 3.05) is 23.7 Å². The zero-order valence-corrected chi connectivity index (χ0v) is 20.0. The number of aromatic amines is 1. The maximum Gasteiger partial charge on any atom is 0.330 e. The van der Waals surface area contributed by atoms with Gasteiger partial charge in [0.1, 0.15) is 5.82 Å². The number of nitrogens with zero attached hydrogens (tertiary/aromatic N) is 3. The monoisotopic (exact) mass is 465 g/mol. The third-order valence-electron chi connectivity index (χ3n) is 6.43. The molecule has 1 aliphatic rings. The number of carbonyl (C=O) groups excluding carboxylic acids is 1. The summed E-state index contributed by atoms with van der Waals surface area (Å²) in [4.78, 5) is 44.9. The van der Waals surface area contributed by atoms with E-state index in [0.29, 0.717) is 13.1 Å². The van der Waals surface area contributed by atoms with Gasteiger partial charge in [-0.1, -0.05) is 68.9 Å². The Labute approximate surface area is 200 Å². The largest absolute Gasteiger partial charge is 0.383 e. The molecule has 1 aromatic heterocycles. The molecule has 8 heteroatoms. The van der Waals surface area contributed by atoms with Gasteiger partial charge < -0.3 is 5.73 Å². The van der Waals surface area contributed by atoms with E-state index in [1.807, 2.05) is 42.2 Å². The van der Waals surface area contributed by atoms with Crippen LogP contribution in [0.1, 0.15) is 57.4 Å². The van der Waals surface area contributed by atoms with E-state index in [0.717, 1.165) is 44.1 Å². The quantitative estimate of drug-likeness (QED) is 0.525. The molecule has 2 aromatic rings. The lowest BCUT2D eigenvalue weighted by molar-refractivity contribution is -0.120. The zero-order chi connectivity index (χ0) is 24.5. The molecular weight excluding hydrogens is 430 g/mol. The summed E-state index contributed by atoms with van der Waals surface area (Å²) in [6.07, 6.45) is 12.6. The number of nitrogen functional groups attached to an aromatic ring is 1. The standard InChI is InChI=1S/C26H35N5O3/c1-3-5-17-30-24(27)23(25(33)28-26(30)34)31(18-20-12-8-6-9-13-20)22(32)19-29(16-4-2)21-14-10-7-11-15-21/h2,6,8-9,12-13,21H,3,5,7,10-11,14-19,27H2,1H3,(H,28,33,34). The van der Waals surface area contributed by atoms with Gasteiger partial charge in [0.05, 0.1) is 19.6 Å². The van der Waals surface area contributed by atoms with Gasteiger partial charge in [0.2, 0.25) is 5.91 Å². The van der Waals surface area contributed by atoms with Crippen LogP contribution in [-0.4, -0.2) is 39.5 Å². The van der Waals surface area contributed by atoms with Crippen LogP contribution < -0.4 is 21.9 Å². The molecule has 1 aromatic carbocycles. The SMILES string of the molecule is C#CCN(CC(=O)N(Cc1ccccc1)c1c(N)n(CCCC)c(=O)[nH]c1=O)C1CCCCC1. The number of hydrogen-bond donors (Lipinski definition) is 2. The number of aromatic nitrogens is 2. The highest BCUT2D eigenvalue weighted by Crippen LogP contribution is 2.24. The Morgan fingerprint density at radius 2 is 1.91 bits per heavy atom. The van der Waals surface area contributed by atoms with E-state index < -0.39 is 11.2 Å². The van der Waals surface area contributed by atoms with Crippen LogP contribution in [0.25, 0.3) is 0 Å². The molecule has 1 amide bonds. The molecule has 1 heterocycles. The Hall–Kier alpha value is -3.31. The van der Waals surface area contributed by atoms with Gasteiger partial charge in [0.25, 0.3) is 5.56 Å². The molecule has 0 unspecified atom stereocenters. The minimum Gasteiger partial charge on any atom is -0.383 e. The summed E-state index contributed by atoms with van der Waals surface area (Å²) in [6.45, 7) is 2.97. The molecule has 8 nitrogen and oxygen atoms in total. The molecule has 0 aliphatic heterocycles. The summed E-state index contributed by atoms with van der Waals surface area (Å²) >= 11 is 0. The van der Waals surface area contributed by atoms with Crippen molar-refractivity contribution in [1.29, 1.82) is 0 Å². The fourth-order valence-electron chi connectivity index (χ4n) is 4.57. The lowest BCUT2D eigenvalue weighted by atomic mass is 9.94. The number of unbranched alkanes of at least 4 members (excludes halogenated alkanes) is 1. The van der Waals surface area contributed by atoms with Gasteiger partial charge in [-0.2, -0.15) is 0 Å². The van der Waals surface area contributed by atoms with Crippen LogP contribution >= 0.6 is 0 Å². The van der Waals surface area contributed by atoms with E-state index in [4.69, 9.17) is 12.2 Å². The van der Waals surface area contributed by atoms with E-state index in [9.17, 15) is 14.4 Å². The van der Waals surface area contributed by atoms with Crippen molar-refractivity contribution < 1.29 is 4.79 Å². The minimum atomic E-state index is -0.666. The normalized spacial score (nSPS) is 14.1. The Bertz CT molecular complexity index is 1110. The van der Waals surface area contributed by atoms with E-state index in [1.165, 1.54) is 15.9 Å². The number of nitrogens with two attached hydrogens (primary N) is 1. The van der Waals surface area contributed by atoms with Crippen LogP contribution in [0.4, 0.5) is 11.5 Å². The first-order valence-electron chi connectivity index (χ1n) is 12.1. The Morgan fingerprint density at radius 1 is 1.21 bits per heavy atom. The van der Waals surface area contributed by atoms with Crippen molar-refractivity contribution >= 4 is 17.4 Å². The van der Waals surface area contributed by atoms with Gasteiger partial charge in [0.15, 0.2) is 5.69 Å². The Balaban J connectivity index is 2.00. The van der Waals surface area contributed by atoms with Crippen molar-refractivity contribution in [2.45, 2.75) is 71.0 Å². The number of amides is 1. The summed E-state index contributed by atoms with van der Waals surface area (Å²) in [5, 5.41) is 0. The van der Waals surface area contributed by atoms with Crippen LogP contribution in [0, 0.1) is 12.3 Å². The highest BCUT2D eigenvalue weighted by atomic mass is 16.2. The second kappa shape index (κ2) is 12.2. The number of carbonyl (C=O) groups is 1. The smallest absolute Gasteiger partial charge is 0.330 e. The van der Waals surface area contributed by atoms with Crippen molar-refractivity contribution in [3.63, 3.8) is 0 Å². The van der Waals surface area contributed by atoms with E-state index in [1.54, 1.807) is 0 Å². The summed E-state index contributed by atoms with van der Waals surface area (Å²) in [5.74, 6) is 2.41. The number of anilines is 2. The fourth-order valence-corrected chi connectivity index (χ4v) is 4.57. The predicted octanol–water partition coefficient (Wildman–Crippen LogP) is 2.72. The summed E-state index contributed by atoms with van der Waals surface area (Å²) < 4.78 is 1.34. The number of hydrogen-bond acceptors (Lipinski definition) is 5. The maximum absolute atomic E-state index is 13.7. The average molecular weight is 466 g/mol. The third kappa shape index (κ3) is 6.17. The maximum atomic E-state index is 13.7. The zero-order valence-electron chi connectivity index (χ0n) is 20.0. The second-order valence-electron chi connectivity index (χ2n) is 8.86. The van der Waals surface area contributed by atoms with Gasteiger partial charge in [-0.25, -0.2) is 4.79 Å². The van der Waals surface area contributed by atoms with E-state index >= 15 is 0 Å². The lowest BCUT2D eigenvalue weighted by Gasteiger charge is -2.34. The van der Waals surface area contributed by atoms with Gasteiger partial charge in [0, 0.05) is 12.6 Å². The van der Waals surface area contributed by atoms with Gasteiger partial charge in [-0.05, 0) is 24.8 Å². The summed E-state index contributed by atoms with van der Waals surface area (Å²) in [5.41, 5.74) is 5.98. The first kappa shape index (κ1) is 25.3. The minimum absolute atomic E-state index is 0.00708. The Morgan fingerprint density at radius 3 is 2.56 bits per heavy atom. The highest BCUT2D eigenvalue weighted by Gasteiger charge is 2.28. The number of H-pyrrole nitrogens is 1. The van der Waals surface area contributed by atoms with Crippen molar-refractivity contribution in [3.05, 3.63) is 56.7 Å². The number of benzene rings is 1. The third-order valence-corrected chi connectivity index (χ3v) is 6.43. The van der Waals surface area contributed by atoms with Gasteiger partial charge >= 0.3 is 5.69 Å². The summed E-state index contributed by atoms with van der Waals surface area (Å²) in [7, 11) is 0. The molecular formula is C26H35N5O3. The van der Waals surface area contributed by atoms with Crippen LogP contribution in [0.15, 0.2) is 39.9 Å². The number of nitrogens with one attached hydrogen (secondary N) is 1. The van der Waals surface area contributed by atoms with Crippen molar-refractivity contribution in [1.82, 2.24) is 14.5 Å². The average Bonchev–Trinajstić information content (AvgIpc) is 2.84. The molecule has 0 saturated heterocycles. The van der Waals surface area contributed by atoms with Gasteiger partial charge in [-0.3, -0.25) is 28.9 Å². The molecule has 0 atom stereocenters. The van der Waals surface area contributed by atoms with Gasteiger partial charge in [-0.15, -0.1) is 6.42 Å². The molecule has 182 valence electrons. The molecule has 1 aliphatic carbocycles. The van der Waals surface area contributed by atoms with Crippen LogP contribution in [0.3, 0.4) is 0 Å². The van der Waals surface area contributed by atoms with Crippen LogP contribution in [0.5, 0.6) is 0 Å². The molecule has 3 rings (SSSR count). The molecule has 1 fully saturated rings. The Kier molecular flexibility index (Phi) is 9.11. The molecule has 34 heavy (non-hydrogen) atoms. The molecule has 3 N–H and O–H groups in total. The van der Waals surface area contributed by atoms with Crippen LogP contribution in [-0.2, 0) is 17.9 Å². The number of terminal acetylenes is 1. The molecule has 0 radical (unpaired) electrons. The topological polar surface area (TPSA) is 104 Å². The van der Waals surface area contributed by atoms with E-state index in [2.05, 4.69) is 10.9 Å². The fraction of sp³-hybridized carbons (Fsp3) is 0.500. The molecule has 0 bridgehead atoms. The second-order valence-corrected chi connectivity index (χ2v) is 8.86. The van der Waals surface area contributed by atoms with Crippen molar-refractivity contribution in [2.24, 2.45) is 0 Å². The predicted molar refractivity (Wildman–Crippen MR) is 136 cm³/mol. The first-order valence-corrected chi connectivity index (χ1v) is 12.1. The van der Waals surface area contributed by atoms with Crippen LogP contribution in [0.2, 0.25) is 0 Å². The highest BCUT2D eigenvalue weighted by molar-refractivity contribution is 5.96. The molecule has 0 spiro atoms. The van der Waals surface area contributed by atoms with E-state index in [-0.39, 0.29) is 36.5 Å². The first-order chi connectivity index (χ1) is 16.5. The van der Waals surface area contributed by atoms with Crippen molar-refractivity contribution in [3.8, 4) is 12.3 Å². The number of rotatable bonds is 10. The molecule has 1 saturated carbocycles. The summed E-state index contributed by atoms with van der Waals surface area (Å²) in [6, 6.07) is 9.65.